The molecule has 1 saturated carbocycles. The van der Waals surface area contributed by atoms with Gasteiger partial charge in [0.1, 0.15) is 18.6 Å². The van der Waals surface area contributed by atoms with Gasteiger partial charge in [-0.05, 0) is 111 Å². The molecule has 2 heterocycles. The Balaban J connectivity index is 1.54. The quantitative estimate of drug-likeness (QED) is 0.394. The summed E-state index contributed by atoms with van der Waals surface area (Å²) in [5.74, 6) is 0.546. The predicted molar refractivity (Wildman–Crippen MR) is 162 cm³/mol. The standard InChI is InChI=1S/C32H41ClN2O5S/c1-21-6-5-8-26(19-36)29-13-10-25(29)18-35-15-4-3-7-23-16-28(33)12-9-27(23)20-40-31-14-11-24(17-30(31)35)32(37)34-41(38,39)22(21)2/h9,11-12,14,16-17,19,21-22,25-26,29H,3-8,10,13,15,18,20H2,1-2H3,(H,34,37)/t21-,22+,25-,26+,29+/m0/s1. The molecule has 2 aromatic rings. The van der Waals surface area contributed by atoms with Crippen molar-refractivity contribution in [2.45, 2.75) is 77.1 Å². The Bertz CT molecular complexity index is 1380. The summed E-state index contributed by atoms with van der Waals surface area (Å²) in [5.41, 5.74) is 3.32. The molecule has 0 radical (unpaired) electrons. The van der Waals surface area contributed by atoms with Crippen LogP contribution in [0.3, 0.4) is 0 Å². The lowest BCUT2D eigenvalue weighted by atomic mass is 9.66. The van der Waals surface area contributed by atoms with Crippen LogP contribution in [0.1, 0.15) is 80.3 Å². The van der Waals surface area contributed by atoms with E-state index in [0.717, 1.165) is 75.6 Å². The molecular formula is C32H41ClN2O5S. The van der Waals surface area contributed by atoms with Crippen molar-refractivity contribution in [1.29, 1.82) is 0 Å². The van der Waals surface area contributed by atoms with Crippen molar-refractivity contribution in [1.82, 2.24) is 4.72 Å². The van der Waals surface area contributed by atoms with Crippen molar-refractivity contribution < 1.29 is 22.7 Å². The molecule has 2 aromatic carbocycles. The van der Waals surface area contributed by atoms with Gasteiger partial charge in [0.2, 0.25) is 10.0 Å². The van der Waals surface area contributed by atoms with Crippen molar-refractivity contribution in [3.63, 3.8) is 0 Å². The SMILES string of the molecule is C[C@@H]1[C@@H](C)CCC[C@H](C=O)[C@@H]2CC[C@H]2CN2CCCCc3cc(Cl)ccc3COc3ccc(cc32)C(=O)NS1(=O)=O. The summed E-state index contributed by atoms with van der Waals surface area (Å²) in [5, 5.41) is -0.0288. The maximum absolute atomic E-state index is 13.3. The van der Waals surface area contributed by atoms with Crippen molar-refractivity contribution in [3.8, 4) is 5.75 Å². The molecule has 1 fully saturated rings. The van der Waals surface area contributed by atoms with Gasteiger partial charge in [-0.15, -0.1) is 0 Å². The van der Waals surface area contributed by atoms with Crippen molar-refractivity contribution in [2.24, 2.45) is 23.7 Å². The highest BCUT2D eigenvalue weighted by Crippen LogP contribution is 2.43. The van der Waals surface area contributed by atoms with E-state index < -0.39 is 21.2 Å². The fourth-order valence-corrected chi connectivity index (χ4v) is 8.13. The Labute approximate surface area is 249 Å². The number of anilines is 1. The molecule has 0 unspecified atom stereocenters. The van der Waals surface area contributed by atoms with E-state index in [2.05, 4.69) is 9.62 Å². The number of hydrogen-bond acceptors (Lipinski definition) is 6. The molecule has 3 aliphatic rings. The predicted octanol–water partition coefficient (Wildman–Crippen LogP) is 6.17. The molecule has 0 aromatic heterocycles. The summed E-state index contributed by atoms with van der Waals surface area (Å²) in [6, 6.07) is 11.1. The molecule has 0 spiro atoms. The smallest absolute Gasteiger partial charge is 0.264 e. The van der Waals surface area contributed by atoms with Crippen LogP contribution in [-0.4, -0.2) is 39.0 Å². The monoisotopic (exact) mass is 600 g/mol. The van der Waals surface area contributed by atoms with Crippen LogP contribution in [-0.2, 0) is 27.8 Å². The molecule has 2 aliphatic heterocycles. The minimum Gasteiger partial charge on any atom is -0.487 e. The number of rotatable bonds is 1. The van der Waals surface area contributed by atoms with Crippen molar-refractivity contribution >= 4 is 39.5 Å². The van der Waals surface area contributed by atoms with E-state index in [1.807, 2.05) is 25.1 Å². The first-order valence-electron chi connectivity index (χ1n) is 15.0. The number of nitrogens with one attached hydrogen (secondary N) is 1. The first kappa shape index (κ1) is 29.9. The molecule has 0 saturated heterocycles. The maximum atomic E-state index is 13.3. The normalized spacial score (nSPS) is 28.9. The number of carbonyl (C=O) groups is 2. The zero-order valence-electron chi connectivity index (χ0n) is 24.0. The fraction of sp³-hybridized carbons (Fsp3) is 0.562. The molecule has 9 heteroatoms. The van der Waals surface area contributed by atoms with E-state index >= 15 is 0 Å². The van der Waals surface area contributed by atoms with Crippen LogP contribution in [0.2, 0.25) is 5.02 Å². The van der Waals surface area contributed by atoms with Crippen LogP contribution in [0, 0.1) is 23.7 Å². The molecule has 5 rings (SSSR count). The maximum Gasteiger partial charge on any atom is 0.264 e. The molecule has 1 amide bonds. The average molecular weight is 601 g/mol. The second-order valence-corrected chi connectivity index (χ2v) is 14.7. The van der Waals surface area contributed by atoms with Gasteiger partial charge in [-0.2, -0.15) is 0 Å². The number of sulfonamides is 1. The number of benzene rings is 2. The summed E-state index contributed by atoms with van der Waals surface area (Å²) < 4.78 is 35.0. The number of nitrogens with zero attached hydrogens (tertiary/aromatic N) is 1. The van der Waals surface area contributed by atoms with Gasteiger partial charge in [0.05, 0.1) is 10.9 Å². The molecule has 222 valence electrons. The lowest BCUT2D eigenvalue weighted by Gasteiger charge is -2.43. The molecule has 1 aliphatic carbocycles. The van der Waals surface area contributed by atoms with E-state index in [1.54, 1.807) is 25.1 Å². The number of carbonyl (C=O) groups excluding carboxylic acids is 2. The summed E-state index contributed by atoms with van der Waals surface area (Å²) in [4.78, 5) is 27.8. The highest BCUT2D eigenvalue weighted by molar-refractivity contribution is 7.90. The first-order chi connectivity index (χ1) is 19.7. The van der Waals surface area contributed by atoms with Gasteiger partial charge in [0, 0.05) is 29.6 Å². The lowest BCUT2D eigenvalue weighted by Crippen LogP contribution is -2.43. The highest BCUT2D eigenvalue weighted by Gasteiger charge is 2.38. The van der Waals surface area contributed by atoms with Crippen LogP contribution in [0.4, 0.5) is 5.69 Å². The van der Waals surface area contributed by atoms with Crippen LogP contribution in [0.15, 0.2) is 36.4 Å². The minimum absolute atomic E-state index is 0.0225. The number of halogens is 1. The van der Waals surface area contributed by atoms with Crippen LogP contribution in [0.5, 0.6) is 5.75 Å². The van der Waals surface area contributed by atoms with Gasteiger partial charge in [-0.3, -0.25) is 4.79 Å². The number of aryl methyl sites for hydroxylation is 1. The average Bonchev–Trinajstić information content (AvgIpc) is 2.96. The molecular weight excluding hydrogens is 560 g/mol. The molecule has 5 atom stereocenters. The van der Waals surface area contributed by atoms with Crippen LogP contribution >= 0.6 is 11.6 Å². The molecule has 2 bridgehead atoms. The Morgan fingerprint density at radius 3 is 2.59 bits per heavy atom. The molecule has 7 nitrogen and oxygen atoms in total. The van der Waals surface area contributed by atoms with Gasteiger partial charge >= 0.3 is 0 Å². The number of hydrogen-bond donors (Lipinski definition) is 1. The van der Waals surface area contributed by atoms with Crippen LogP contribution in [0.25, 0.3) is 0 Å². The summed E-state index contributed by atoms with van der Waals surface area (Å²) in [7, 11) is -3.89. The van der Waals surface area contributed by atoms with Gasteiger partial charge in [-0.1, -0.05) is 31.0 Å². The third-order valence-electron chi connectivity index (χ3n) is 9.62. The number of amides is 1. The Morgan fingerprint density at radius 1 is 1.00 bits per heavy atom. The zero-order chi connectivity index (χ0) is 29.1. The van der Waals surface area contributed by atoms with E-state index in [0.29, 0.717) is 35.6 Å². The second kappa shape index (κ2) is 12.7. The van der Waals surface area contributed by atoms with Gasteiger partial charge in [0.15, 0.2) is 0 Å². The van der Waals surface area contributed by atoms with Crippen molar-refractivity contribution in [3.05, 3.63) is 58.1 Å². The zero-order valence-corrected chi connectivity index (χ0v) is 25.6. The first-order valence-corrected chi connectivity index (χ1v) is 16.9. The number of ether oxygens (including phenoxy) is 1. The third-order valence-corrected chi connectivity index (χ3v) is 11.8. The Morgan fingerprint density at radius 2 is 1.83 bits per heavy atom. The Kier molecular flexibility index (Phi) is 9.29. The largest absolute Gasteiger partial charge is 0.487 e. The second-order valence-electron chi connectivity index (χ2n) is 12.2. The van der Waals surface area contributed by atoms with E-state index in [-0.39, 0.29) is 17.4 Å². The molecule has 41 heavy (non-hydrogen) atoms. The lowest BCUT2D eigenvalue weighted by molar-refractivity contribution is -0.115. The summed E-state index contributed by atoms with van der Waals surface area (Å²) in [6.45, 7) is 5.45. The highest BCUT2D eigenvalue weighted by atomic mass is 35.5. The number of fused-ring (bicyclic) bond motifs is 3. The summed E-state index contributed by atoms with van der Waals surface area (Å²) in [6.07, 6.45) is 8.25. The topological polar surface area (TPSA) is 92.8 Å². The van der Waals surface area contributed by atoms with Gasteiger partial charge < -0.3 is 14.4 Å². The molecule has 1 N–H and O–H groups in total. The number of aldehydes is 1. The van der Waals surface area contributed by atoms with E-state index in [1.165, 1.54) is 5.56 Å². The van der Waals surface area contributed by atoms with Gasteiger partial charge in [-0.25, -0.2) is 13.1 Å². The fourth-order valence-electron chi connectivity index (χ4n) is 6.63. The summed E-state index contributed by atoms with van der Waals surface area (Å²) >= 11 is 6.30. The van der Waals surface area contributed by atoms with Crippen molar-refractivity contribution in [2.75, 3.05) is 18.0 Å². The third kappa shape index (κ3) is 6.75. The van der Waals surface area contributed by atoms with E-state index in [4.69, 9.17) is 16.3 Å². The van der Waals surface area contributed by atoms with Crippen LogP contribution < -0.4 is 14.4 Å². The minimum atomic E-state index is -3.89. The van der Waals surface area contributed by atoms with E-state index in [9.17, 15) is 18.0 Å². The van der Waals surface area contributed by atoms with Gasteiger partial charge in [0.25, 0.3) is 5.91 Å². The Hall–Kier alpha value is -2.58.